The molecule has 1 saturated heterocycles. The molecule has 0 spiro atoms. The summed E-state index contributed by atoms with van der Waals surface area (Å²) in [6.07, 6.45) is 4.39. The minimum absolute atomic E-state index is 0.0566. The summed E-state index contributed by atoms with van der Waals surface area (Å²) < 4.78 is 34.1. The molecule has 1 N–H and O–H groups in total. The van der Waals surface area contributed by atoms with Crippen LogP contribution in [0.1, 0.15) is 40.5 Å². The van der Waals surface area contributed by atoms with E-state index in [2.05, 4.69) is 41.5 Å². The molecule has 1 fully saturated rings. The van der Waals surface area contributed by atoms with Crippen LogP contribution in [0.15, 0.2) is 85.2 Å². The van der Waals surface area contributed by atoms with Crippen LogP contribution in [-0.2, 0) is 6.61 Å². The molecule has 1 aromatic heterocycles. The van der Waals surface area contributed by atoms with Gasteiger partial charge in [0.15, 0.2) is 0 Å². The highest BCUT2D eigenvalue weighted by Crippen LogP contribution is 2.40. The quantitative estimate of drug-likeness (QED) is 0.337. The lowest BCUT2D eigenvalue weighted by atomic mass is 9.76. The number of hydrogen-bond acceptors (Lipinski definition) is 3. The molecule has 5 rings (SSSR count). The van der Waals surface area contributed by atoms with Gasteiger partial charge in [-0.15, -0.1) is 0 Å². The molecule has 0 aliphatic carbocycles. The molecule has 3 aromatic carbocycles. The van der Waals surface area contributed by atoms with Crippen LogP contribution in [-0.4, -0.2) is 18.1 Å². The van der Waals surface area contributed by atoms with Gasteiger partial charge in [0, 0.05) is 42.0 Å². The molecule has 0 radical (unpaired) electrons. The molecule has 4 aromatic rings. The number of para-hydroxylation sites is 1. The monoisotopic (exact) mass is 470 g/mol. The Balaban J connectivity index is 1.43. The lowest BCUT2D eigenvalue weighted by Crippen LogP contribution is -2.34. The minimum Gasteiger partial charge on any atom is -0.488 e. The number of aromatic nitrogens is 1. The Labute approximate surface area is 204 Å². The standard InChI is InChI=1S/C30H28F2N2O/c1-20-13-22(28-6-2-3-7-30(28)35-19-21-5-4-11-33-17-21)8-9-26(20)29-18-34-12-10-27(29)23-14-24(31)16-25(32)15-23/h2-9,11,13-17,27,29,34H,10,12,18-19H2,1H3/t27-,29-/m1/s1. The van der Waals surface area contributed by atoms with Crippen molar-refractivity contribution in [3.8, 4) is 16.9 Å². The second-order valence-corrected chi connectivity index (χ2v) is 9.13. The fraction of sp³-hybridized carbons (Fsp3) is 0.233. The zero-order chi connectivity index (χ0) is 24.2. The predicted molar refractivity (Wildman–Crippen MR) is 135 cm³/mol. The number of benzene rings is 3. The van der Waals surface area contributed by atoms with E-state index in [-0.39, 0.29) is 11.8 Å². The number of pyridine rings is 1. The Hall–Kier alpha value is -3.57. The van der Waals surface area contributed by atoms with Gasteiger partial charge in [0.05, 0.1) is 0 Å². The molecule has 2 atom stereocenters. The maximum absolute atomic E-state index is 14.0. The normalized spacial score (nSPS) is 17.8. The van der Waals surface area contributed by atoms with Crippen molar-refractivity contribution >= 4 is 0 Å². The number of ether oxygens (including phenoxy) is 1. The van der Waals surface area contributed by atoms with Crippen LogP contribution in [0.3, 0.4) is 0 Å². The van der Waals surface area contributed by atoms with Crippen molar-refractivity contribution in [3.63, 3.8) is 0 Å². The van der Waals surface area contributed by atoms with E-state index in [1.165, 1.54) is 17.7 Å². The number of aryl methyl sites for hydroxylation is 1. The smallest absolute Gasteiger partial charge is 0.127 e. The van der Waals surface area contributed by atoms with Gasteiger partial charge in [-0.1, -0.05) is 42.5 Å². The molecule has 0 bridgehead atoms. The van der Waals surface area contributed by atoms with E-state index < -0.39 is 11.6 Å². The molecule has 5 heteroatoms. The molecule has 3 nitrogen and oxygen atoms in total. The summed E-state index contributed by atoms with van der Waals surface area (Å²) in [6.45, 7) is 4.16. The van der Waals surface area contributed by atoms with Crippen LogP contribution < -0.4 is 10.1 Å². The van der Waals surface area contributed by atoms with Crippen LogP contribution in [0.2, 0.25) is 0 Å². The van der Waals surface area contributed by atoms with Crippen molar-refractivity contribution in [2.24, 2.45) is 0 Å². The van der Waals surface area contributed by atoms with E-state index in [1.807, 2.05) is 30.3 Å². The number of rotatable bonds is 6. The SMILES string of the molecule is Cc1cc(-c2ccccc2OCc2cccnc2)ccc1[C@H]1CNCC[C@@H]1c1cc(F)cc(F)c1. The largest absolute Gasteiger partial charge is 0.488 e. The third kappa shape index (κ3) is 5.25. The Morgan fingerprint density at radius 2 is 1.77 bits per heavy atom. The highest BCUT2D eigenvalue weighted by atomic mass is 19.1. The first kappa shape index (κ1) is 23.2. The van der Waals surface area contributed by atoms with Gasteiger partial charge in [-0.25, -0.2) is 8.78 Å². The molecule has 178 valence electrons. The summed E-state index contributed by atoms with van der Waals surface area (Å²) in [5.41, 5.74) is 6.19. The van der Waals surface area contributed by atoms with Crippen molar-refractivity contribution in [1.29, 1.82) is 0 Å². The van der Waals surface area contributed by atoms with Crippen LogP contribution in [0.5, 0.6) is 5.75 Å². The van der Waals surface area contributed by atoms with Crippen molar-refractivity contribution in [3.05, 3.63) is 119 Å². The lowest BCUT2D eigenvalue weighted by Gasteiger charge is -2.34. The van der Waals surface area contributed by atoms with Crippen LogP contribution in [0, 0.1) is 18.6 Å². The van der Waals surface area contributed by atoms with Gasteiger partial charge >= 0.3 is 0 Å². The van der Waals surface area contributed by atoms with E-state index in [0.29, 0.717) is 6.61 Å². The third-order valence-electron chi connectivity index (χ3n) is 6.78. The van der Waals surface area contributed by atoms with Gasteiger partial charge in [-0.2, -0.15) is 0 Å². The average molecular weight is 471 g/mol. The molecular weight excluding hydrogens is 442 g/mol. The maximum atomic E-state index is 14.0. The lowest BCUT2D eigenvalue weighted by molar-refractivity contribution is 0.307. The number of hydrogen-bond donors (Lipinski definition) is 1. The number of piperidine rings is 1. The molecular formula is C30H28F2N2O. The van der Waals surface area contributed by atoms with Gasteiger partial charge in [0.2, 0.25) is 0 Å². The number of halogens is 2. The second-order valence-electron chi connectivity index (χ2n) is 9.13. The summed E-state index contributed by atoms with van der Waals surface area (Å²) in [5, 5.41) is 3.46. The first-order valence-electron chi connectivity index (χ1n) is 12.0. The van der Waals surface area contributed by atoms with E-state index in [0.717, 1.165) is 59.1 Å². The summed E-state index contributed by atoms with van der Waals surface area (Å²) >= 11 is 0. The molecule has 35 heavy (non-hydrogen) atoms. The summed E-state index contributed by atoms with van der Waals surface area (Å²) in [4.78, 5) is 4.15. The van der Waals surface area contributed by atoms with Crippen molar-refractivity contribution in [1.82, 2.24) is 10.3 Å². The van der Waals surface area contributed by atoms with Gasteiger partial charge in [-0.05, 0) is 72.3 Å². The van der Waals surface area contributed by atoms with Crippen LogP contribution in [0.4, 0.5) is 8.78 Å². The predicted octanol–water partition coefficient (Wildman–Crippen LogP) is 6.77. The van der Waals surface area contributed by atoms with E-state index >= 15 is 0 Å². The fourth-order valence-electron chi connectivity index (χ4n) is 5.11. The fourth-order valence-corrected chi connectivity index (χ4v) is 5.11. The summed E-state index contributed by atoms with van der Waals surface area (Å²) in [7, 11) is 0. The molecule has 1 aliphatic heterocycles. The number of nitrogens with zero attached hydrogens (tertiary/aromatic N) is 1. The van der Waals surface area contributed by atoms with Gasteiger partial charge in [0.1, 0.15) is 24.0 Å². The van der Waals surface area contributed by atoms with E-state index in [9.17, 15) is 8.78 Å². The van der Waals surface area contributed by atoms with E-state index in [4.69, 9.17) is 4.74 Å². The van der Waals surface area contributed by atoms with Crippen LogP contribution in [0.25, 0.3) is 11.1 Å². The summed E-state index contributed by atoms with van der Waals surface area (Å²) in [6, 6.07) is 22.3. The highest BCUT2D eigenvalue weighted by Gasteiger charge is 2.29. The van der Waals surface area contributed by atoms with Gasteiger partial charge < -0.3 is 10.1 Å². The maximum Gasteiger partial charge on any atom is 0.127 e. The van der Waals surface area contributed by atoms with Crippen molar-refractivity contribution < 1.29 is 13.5 Å². The molecule has 1 aliphatic rings. The number of nitrogens with one attached hydrogen (secondary N) is 1. The average Bonchev–Trinajstić information content (AvgIpc) is 2.88. The zero-order valence-corrected chi connectivity index (χ0v) is 19.7. The second kappa shape index (κ2) is 10.4. The Morgan fingerprint density at radius 1 is 0.943 bits per heavy atom. The van der Waals surface area contributed by atoms with Gasteiger partial charge in [0.25, 0.3) is 0 Å². The minimum atomic E-state index is -0.521. The first-order valence-corrected chi connectivity index (χ1v) is 12.0. The molecule has 0 unspecified atom stereocenters. The first-order chi connectivity index (χ1) is 17.1. The van der Waals surface area contributed by atoms with E-state index in [1.54, 1.807) is 12.4 Å². The zero-order valence-electron chi connectivity index (χ0n) is 19.7. The third-order valence-corrected chi connectivity index (χ3v) is 6.78. The van der Waals surface area contributed by atoms with Crippen molar-refractivity contribution in [2.45, 2.75) is 31.8 Å². The highest BCUT2D eigenvalue weighted by molar-refractivity contribution is 5.71. The van der Waals surface area contributed by atoms with Gasteiger partial charge in [-0.3, -0.25) is 4.98 Å². The van der Waals surface area contributed by atoms with Crippen molar-refractivity contribution in [2.75, 3.05) is 13.1 Å². The molecule has 0 saturated carbocycles. The Morgan fingerprint density at radius 3 is 2.54 bits per heavy atom. The topological polar surface area (TPSA) is 34.1 Å². The molecule has 0 amide bonds. The molecule has 2 heterocycles. The Bertz CT molecular complexity index is 1290. The summed E-state index contributed by atoms with van der Waals surface area (Å²) in [5.74, 6) is -0.0346. The van der Waals surface area contributed by atoms with Crippen LogP contribution >= 0.6 is 0 Å². The Kier molecular flexibility index (Phi) is 6.87.